The lowest BCUT2D eigenvalue weighted by Crippen LogP contribution is -2.32. The molecule has 3 N–H and O–H groups in total. The van der Waals surface area contributed by atoms with Gasteiger partial charge in [0.1, 0.15) is 5.84 Å². The maximum Gasteiger partial charge on any atom is 0.126 e. The van der Waals surface area contributed by atoms with Crippen molar-refractivity contribution in [3.8, 4) is 0 Å². The lowest BCUT2D eigenvalue weighted by molar-refractivity contribution is 0.685. The lowest BCUT2D eigenvalue weighted by atomic mass is 10.1. The van der Waals surface area contributed by atoms with Crippen LogP contribution in [0.1, 0.15) is 35.7 Å². The Morgan fingerprint density at radius 2 is 2.14 bits per heavy atom. The fourth-order valence-electron chi connectivity index (χ4n) is 2.48. The summed E-state index contributed by atoms with van der Waals surface area (Å²) in [6.45, 7) is 9.02. The molecule has 21 heavy (non-hydrogen) atoms. The van der Waals surface area contributed by atoms with Crippen molar-refractivity contribution in [2.45, 2.75) is 40.3 Å². The molecule has 0 aliphatic rings. The van der Waals surface area contributed by atoms with Gasteiger partial charge in [0, 0.05) is 16.6 Å². The van der Waals surface area contributed by atoms with Crippen molar-refractivity contribution < 1.29 is 0 Å². The van der Waals surface area contributed by atoms with Crippen LogP contribution in [-0.2, 0) is 6.54 Å². The molecule has 5 heteroatoms. The van der Waals surface area contributed by atoms with E-state index in [2.05, 4.69) is 41.2 Å². The summed E-state index contributed by atoms with van der Waals surface area (Å²) in [6.07, 6.45) is 0. The molecule has 0 unspecified atom stereocenters. The van der Waals surface area contributed by atoms with Gasteiger partial charge in [-0.3, -0.25) is 10.4 Å². The number of hydrogen-bond donors (Lipinski definition) is 2. The Morgan fingerprint density at radius 3 is 2.67 bits per heavy atom. The Bertz CT molecular complexity index is 632. The molecule has 2 heterocycles. The van der Waals surface area contributed by atoms with E-state index in [-0.39, 0.29) is 5.84 Å². The molecule has 0 aliphatic heterocycles. The highest BCUT2D eigenvalue weighted by atomic mass is 32.1. The molecular formula is C16H22N4S. The molecule has 2 aromatic rings. The zero-order valence-electron chi connectivity index (χ0n) is 13.0. The van der Waals surface area contributed by atoms with Crippen LogP contribution in [0.3, 0.4) is 0 Å². The summed E-state index contributed by atoms with van der Waals surface area (Å²) in [4.78, 5) is 8.03. The molecular weight excluding hydrogens is 280 g/mol. The quantitative estimate of drug-likeness (QED) is 0.656. The first kappa shape index (κ1) is 15.5. The van der Waals surface area contributed by atoms with Gasteiger partial charge in [-0.15, -0.1) is 11.3 Å². The summed E-state index contributed by atoms with van der Waals surface area (Å²) in [6, 6.07) is 6.53. The molecule has 0 saturated carbocycles. The molecule has 0 bridgehead atoms. The van der Waals surface area contributed by atoms with Gasteiger partial charge in [0.2, 0.25) is 0 Å². The second-order valence-electron chi connectivity index (χ2n) is 5.46. The fraction of sp³-hybridized carbons (Fsp3) is 0.375. The molecule has 0 fully saturated rings. The van der Waals surface area contributed by atoms with E-state index in [9.17, 15) is 0 Å². The number of pyridine rings is 1. The van der Waals surface area contributed by atoms with Crippen LogP contribution in [0.5, 0.6) is 0 Å². The van der Waals surface area contributed by atoms with E-state index in [0.29, 0.717) is 6.04 Å². The number of aromatic nitrogens is 1. The number of amidine groups is 1. The number of nitrogens with one attached hydrogen (secondary N) is 1. The monoisotopic (exact) mass is 302 g/mol. The molecule has 0 aliphatic carbocycles. The van der Waals surface area contributed by atoms with Crippen molar-refractivity contribution in [2.24, 2.45) is 5.73 Å². The summed E-state index contributed by atoms with van der Waals surface area (Å²) >= 11 is 1.74. The van der Waals surface area contributed by atoms with Crippen molar-refractivity contribution in [1.29, 1.82) is 5.41 Å². The van der Waals surface area contributed by atoms with E-state index in [0.717, 1.165) is 29.2 Å². The summed E-state index contributed by atoms with van der Waals surface area (Å²) in [5.41, 5.74) is 9.30. The maximum atomic E-state index is 7.89. The molecule has 112 valence electrons. The second kappa shape index (κ2) is 6.26. The van der Waals surface area contributed by atoms with E-state index in [1.165, 1.54) is 4.88 Å². The van der Waals surface area contributed by atoms with Crippen LogP contribution in [-0.4, -0.2) is 16.9 Å². The van der Waals surface area contributed by atoms with E-state index in [1.54, 1.807) is 11.3 Å². The van der Waals surface area contributed by atoms with Gasteiger partial charge in [-0.25, -0.2) is 0 Å². The number of thiophene rings is 1. The number of nitrogen functional groups attached to an aromatic ring is 1. The van der Waals surface area contributed by atoms with Crippen LogP contribution in [0.2, 0.25) is 0 Å². The third-order valence-corrected chi connectivity index (χ3v) is 4.28. The molecule has 0 atom stereocenters. The summed E-state index contributed by atoms with van der Waals surface area (Å²) < 4.78 is 0. The predicted octanol–water partition coefficient (Wildman–Crippen LogP) is 3.46. The Labute approximate surface area is 130 Å². The van der Waals surface area contributed by atoms with Gasteiger partial charge in [-0.2, -0.15) is 0 Å². The van der Waals surface area contributed by atoms with E-state index < -0.39 is 0 Å². The minimum absolute atomic E-state index is 0.0758. The molecule has 0 saturated heterocycles. The van der Waals surface area contributed by atoms with Gasteiger partial charge in [-0.1, -0.05) is 6.07 Å². The van der Waals surface area contributed by atoms with Gasteiger partial charge in [0.25, 0.3) is 0 Å². The molecule has 4 nitrogen and oxygen atoms in total. The average Bonchev–Trinajstić information content (AvgIpc) is 2.86. The Hall–Kier alpha value is -1.88. The third-order valence-electron chi connectivity index (χ3n) is 3.42. The van der Waals surface area contributed by atoms with Crippen molar-refractivity contribution in [1.82, 2.24) is 4.98 Å². The topological polar surface area (TPSA) is 66.0 Å². The number of nitrogens with zero attached hydrogens (tertiary/aromatic N) is 2. The van der Waals surface area contributed by atoms with Crippen molar-refractivity contribution in [3.05, 3.63) is 45.4 Å². The lowest BCUT2D eigenvalue weighted by Gasteiger charge is -2.31. The summed E-state index contributed by atoms with van der Waals surface area (Å²) in [5, 5.41) is 9.97. The number of aryl methyl sites for hydroxylation is 2. The number of anilines is 1. The van der Waals surface area contributed by atoms with Crippen LogP contribution < -0.4 is 10.6 Å². The summed E-state index contributed by atoms with van der Waals surface area (Å²) in [5.74, 6) is 0.0758. The standard InChI is InChI=1S/C16H22N4S/c1-10(2)20(9-13-6-5-7-21-13)14-8-11(3)19-12(4)15(14)16(17)18/h5-8,10H,9H2,1-4H3,(H3,17,18). The maximum absolute atomic E-state index is 7.89. The molecule has 0 spiro atoms. The average molecular weight is 302 g/mol. The van der Waals surface area contributed by atoms with Gasteiger partial charge in [-0.05, 0) is 45.2 Å². The highest BCUT2D eigenvalue weighted by molar-refractivity contribution is 7.09. The van der Waals surface area contributed by atoms with Crippen molar-refractivity contribution in [3.63, 3.8) is 0 Å². The fourth-order valence-corrected chi connectivity index (χ4v) is 3.19. The molecule has 2 rings (SSSR count). The molecule has 0 amide bonds. The largest absolute Gasteiger partial charge is 0.384 e. The predicted molar refractivity (Wildman–Crippen MR) is 90.4 cm³/mol. The molecule has 0 aromatic carbocycles. The zero-order valence-corrected chi connectivity index (χ0v) is 13.8. The van der Waals surface area contributed by atoms with E-state index >= 15 is 0 Å². The second-order valence-corrected chi connectivity index (χ2v) is 6.49. The van der Waals surface area contributed by atoms with E-state index in [4.69, 9.17) is 11.1 Å². The Morgan fingerprint density at radius 1 is 1.43 bits per heavy atom. The number of rotatable bonds is 5. The number of hydrogen-bond acceptors (Lipinski definition) is 4. The van der Waals surface area contributed by atoms with Gasteiger partial charge >= 0.3 is 0 Å². The smallest absolute Gasteiger partial charge is 0.126 e. The van der Waals surface area contributed by atoms with Gasteiger partial charge in [0.15, 0.2) is 0 Å². The first-order valence-electron chi connectivity index (χ1n) is 7.01. The highest BCUT2D eigenvalue weighted by Crippen LogP contribution is 2.28. The van der Waals surface area contributed by atoms with Crippen LogP contribution in [0.25, 0.3) is 0 Å². The first-order chi connectivity index (χ1) is 9.90. The van der Waals surface area contributed by atoms with Crippen LogP contribution in [0.4, 0.5) is 5.69 Å². The van der Waals surface area contributed by atoms with Gasteiger partial charge in [0.05, 0.1) is 23.5 Å². The summed E-state index contributed by atoms with van der Waals surface area (Å²) in [7, 11) is 0. The van der Waals surface area contributed by atoms with Gasteiger partial charge < -0.3 is 10.6 Å². The number of nitrogens with two attached hydrogens (primary N) is 1. The minimum Gasteiger partial charge on any atom is -0.384 e. The minimum atomic E-state index is 0.0758. The van der Waals surface area contributed by atoms with E-state index in [1.807, 2.05) is 19.9 Å². The van der Waals surface area contributed by atoms with Crippen molar-refractivity contribution in [2.75, 3.05) is 4.90 Å². The molecule has 0 radical (unpaired) electrons. The molecule has 2 aromatic heterocycles. The highest BCUT2D eigenvalue weighted by Gasteiger charge is 2.19. The van der Waals surface area contributed by atoms with Crippen molar-refractivity contribution >= 4 is 22.9 Å². The Kier molecular flexibility index (Phi) is 4.63. The first-order valence-corrected chi connectivity index (χ1v) is 7.89. The third kappa shape index (κ3) is 3.42. The Balaban J connectivity index is 2.51. The van der Waals surface area contributed by atoms with Crippen LogP contribution in [0.15, 0.2) is 23.6 Å². The SMILES string of the molecule is Cc1cc(N(Cc2cccs2)C(C)C)c(C(=N)N)c(C)n1. The normalized spacial score (nSPS) is 10.9. The van der Waals surface area contributed by atoms with Crippen LogP contribution in [0, 0.1) is 19.3 Å². The zero-order chi connectivity index (χ0) is 15.6. The van der Waals surface area contributed by atoms with Crippen LogP contribution >= 0.6 is 11.3 Å².